The topological polar surface area (TPSA) is 55.6 Å². The molecule has 21 heavy (non-hydrogen) atoms. The molecule has 3 aromatic rings. The normalized spacial score (nSPS) is 15.6. The summed E-state index contributed by atoms with van der Waals surface area (Å²) in [7, 11) is 0. The average molecular weight is 278 g/mol. The summed E-state index contributed by atoms with van der Waals surface area (Å²) in [6.45, 7) is 0. The van der Waals surface area contributed by atoms with Crippen LogP contribution in [0.3, 0.4) is 0 Å². The molecule has 0 spiro atoms. The number of fused-ring (bicyclic) bond motifs is 1. The zero-order valence-electron chi connectivity index (χ0n) is 11.7. The van der Waals surface area contributed by atoms with Gasteiger partial charge in [0.25, 0.3) is 0 Å². The Bertz CT molecular complexity index is 744. The minimum Gasteiger partial charge on any atom is -0.324 e. The van der Waals surface area contributed by atoms with Gasteiger partial charge >= 0.3 is 0 Å². The second kappa shape index (κ2) is 5.16. The summed E-state index contributed by atoms with van der Waals surface area (Å²) >= 11 is 0. The van der Waals surface area contributed by atoms with Crippen LogP contribution in [-0.2, 0) is 0 Å². The molecule has 1 aliphatic rings. The Labute approximate surface area is 123 Å². The zero-order valence-corrected chi connectivity index (χ0v) is 11.7. The van der Waals surface area contributed by atoms with E-state index >= 15 is 0 Å². The van der Waals surface area contributed by atoms with Crippen LogP contribution in [0.2, 0.25) is 0 Å². The van der Waals surface area contributed by atoms with Crippen molar-refractivity contribution in [3.8, 4) is 0 Å². The SMILES string of the molecule is [c]1ccc(Nc2ncc3ncn(C4CCCC4)c3n2)cc1. The van der Waals surface area contributed by atoms with Gasteiger partial charge in [0.2, 0.25) is 5.95 Å². The lowest BCUT2D eigenvalue weighted by atomic mass is 10.2. The fourth-order valence-corrected chi connectivity index (χ4v) is 2.94. The van der Waals surface area contributed by atoms with Crippen LogP contribution in [0, 0.1) is 6.07 Å². The van der Waals surface area contributed by atoms with Crippen LogP contribution in [0.1, 0.15) is 31.7 Å². The molecule has 105 valence electrons. The highest BCUT2D eigenvalue weighted by Gasteiger charge is 2.19. The first kappa shape index (κ1) is 12.3. The molecular formula is C16H16N5. The summed E-state index contributed by atoms with van der Waals surface area (Å²) < 4.78 is 2.20. The van der Waals surface area contributed by atoms with Gasteiger partial charge in [-0.15, -0.1) is 0 Å². The Morgan fingerprint density at radius 2 is 1.95 bits per heavy atom. The fourth-order valence-electron chi connectivity index (χ4n) is 2.94. The number of hydrogen-bond acceptors (Lipinski definition) is 4. The molecular weight excluding hydrogens is 262 g/mol. The Hall–Kier alpha value is -2.43. The predicted molar refractivity (Wildman–Crippen MR) is 81.4 cm³/mol. The summed E-state index contributed by atoms with van der Waals surface area (Å²) in [6.07, 6.45) is 8.70. The second-order valence-corrected chi connectivity index (χ2v) is 5.41. The molecule has 1 aliphatic carbocycles. The average Bonchev–Trinajstić information content (AvgIpc) is 3.16. The molecule has 4 rings (SSSR count). The number of benzene rings is 1. The third kappa shape index (κ3) is 2.35. The Balaban J connectivity index is 1.69. The van der Waals surface area contributed by atoms with E-state index in [-0.39, 0.29) is 0 Å². The van der Waals surface area contributed by atoms with Crippen molar-refractivity contribution < 1.29 is 0 Å². The first-order valence-corrected chi connectivity index (χ1v) is 7.33. The standard InChI is InChI=1S/C16H16N5/c1-2-6-12(7-3-1)19-16-17-10-14-15(20-16)21(11-18-14)13-8-4-5-9-13/h2-3,6-7,10-11,13H,4-5,8-9H2,(H,17,19,20). The predicted octanol–water partition coefficient (Wildman–Crippen LogP) is 3.49. The van der Waals surface area contributed by atoms with Gasteiger partial charge in [-0.25, -0.2) is 9.97 Å². The van der Waals surface area contributed by atoms with E-state index in [9.17, 15) is 0 Å². The number of nitrogens with zero attached hydrogens (tertiary/aromatic N) is 4. The van der Waals surface area contributed by atoms with E-state index in [4.69, 9.17) is 0 Å². The number of rotatable bonds is 3. The molecule has 1 N–H and O–H groups in total. The van der Waals surface area contributed by atoms with Crippen molar-refractivity contribution in [2.75, 3.05) is 5.32 Å². The van der Waals surface area contributed by atoms with Gasteiger partial charge in [0.15, 0.2) is 5.65 Å². The summed E-state index contributed by atoms with van der Waals surface area (Å²) in [6, 6.07) is 11.1. The number of imidazole rings is 1. The van der Waals surface area contributed by atoms with Crippen LogP contribution in [-0.4, -0.2) is 19.5 Å². The van der Waals surface area contributed by atoms with Gasteiger partial charge in [0.1, 0.15) is 5.52 Å². The number of hydrogen-bond donors (Lipinski definition) is 1. The Kier molecular flexibility index (Phi) is 3.03. The fraction of sp³-hybridized carbons (Fsp3) is 0.312. The van der Waals surface area contributed by atoms with Crippen LogP contribution < -0.4 is 5.32 Å². The first-order valence-electron chi connectivity index (χ1n) is 7.33. The van der Waals surface area contributed by atoms with E-state index in [0.29, 0.717) is 12.0 Å². The van der Waals surface area contributed by atoms with E-state index in [1.165, 1.54) is 25.7 Å². The smallest absolute Gasteiger partial charge is 0.229 e. The van der Waals surface area contributed by atoms with Crippen LogP contribution in [0.25, 0.3) is 11.2 Å². The van der Waals surface area contributed by atoms with E-state index in [1.807, 2.05) is 30.6 Å². The molecule has 2 aromatic heterocycles. The molecule has 1 aromatic carbocycles. The monoisotopic (exact) mass is 278 g/mol. The van der Waals surface area contributed by atoms with Crippen molar-refractivity contribution in [3.05, 3.63) is 42.9 Å². The third-order valence-corrected chi connectivity index (χ3v) is 4.01. The van der Waals surface area contributed by atoms with Gasteiger partial charge in [-0.05, 0) is 31.0 Å². The van der Waals surface area contributed by atoms with Gasteiger partial charge in [-0.1, -0.05) is 25.0 Å². The molecule has 5 nitrogen and oxygen atoms in total. The van der Waals surface area contributed by atoms with Crippen molar-refractivity contribution in [1.29, 1.82) is 0 Å². The van der Waals surface area contributed by atoms with Gasteiger partial charge < -0.3 is 9.88 Å². The van der Waals surface area contributed by atoms with Crippen molar-refractivity contribution in [2.45, 2.75) is 31.7 Å². The molecule has 0 unspecified atom stereocenters. The summed E-state index contributed by atoms with van der Waals surface area (Å²) in [5.41, 5.74) is 2.73. The maximum atomic E-state index is 4.64. The number of aromatic nitrogens is 4. The Morgan fingerprint density at radius 1 is 1.14 bits per heavy atom. The van der Waals surface area contributed by atoms with Crippen molar-refractivity contribution in [1.82, 2.24) is 19.5 Å². The quantitative estimate of drug-likeness (QED) is 0.797. The third-order valence-electron chi connectivity index (χ3n) is 4.01. The van der Waals surface area contributed by atoms with Gasteiger partial charge in [-0.2, -0.15) is 4.98 Å². The molecule has 0 amide bonds. The van der Waals surface area contributed by atoms with Gasteiger partial charge in [0, 0.05) is 11.7 Å². The molecule has 1 fully saturated rings. The maximum Gasteiger partial charge on any atom is 0.229 e. The zero-order chi connectivity index (χ0) is 14.1. The molecule has 1 saturated carbocycles. The molecule has 0 bridgehead atoms. The lowest BCUT2D eigenvalue weighted by Crippen LogP contribution is -2.05. The van der Waals surface area contributed by atoms with Crippen LogP contribution in [0.4, 0.5) is 11.6 Å². The van der Waals surface area contributed by atoms with Crippen molar-refractivity contribution in [2.24, 2.45) is 0 Å². The minimum atomic E-state index is 0.532. The van der Waals surface area contributed by atoms with Crippen LogP contribution in [0.15, 0.2) is 36.8 Å². The molecule has 0 aliphatic heterocycles. The van der Waals surface area contributed by atoms with Crippen molar-refractivity contribution in [3.63, 3.8) is 0 Å². The van der Waals surface area contributed by atoms with Gasteiger partial charge in [-0.3, -0.25) is 0 Å². The highest BCUT2D eigenvalue weighted by molar-refractivity contribution is 5.72. The summed E-state index contributed by atoms with van der Waals surface area (Å²) in [5, 5.41) is 3.22. The number of nitrogens with one attached hydrogen (secondary N) is 1. The molecule has 0 atom stereocenters. The molecule has 1 radical (unpaired) electrons. The van der Waals surface area contributed by atoms with E-state index in [2.05, 4.69) is 30.9 Å². The van der Waals surface area contributed by atoms with E-state index < -0.39 is 0 Å². The van der Waals surface area contributed by atoms with Gasteiger partial charge in [0.05, 0.1) is 12.5 Å². The number of anilines is 2. The lowest BCUT2D eigenvalue weighted by Gasteiger charge is -2.11. The van der Waals surface area contributed by atoms with Crippen LogP contribution >= 0.6 is 0 Å². The molecule has 0 saturated heterocycles. The molecule has 5 heteroatoms. The van der Waals surface area contributed by atoms with Crippen molar-refractivity contribution >= 4 is 22.8 Å². The lowest BCUT2D eigenvalue weighted by molar-refractivity contribution is 0.529. The Morgan fingerprint density at radius 3 is 2.76 bits per heavy atom. The second-order valence-electron chi connectivity index (χ2n) is 5.41. The highest BCUT2D eigenvalue weighted by Crippen LogP contribution is 2.31. The summed E-state index contributed by atoms with van der Waals surface area (Å²) in [5.74, 6) is 0.605. The summed E-state index contributed by atoms with van der Waals surface area (Å²) in [4.78, 5) is 13.4. The minimum absolute atomic E-state index is 0.532. The molecule has 2 heterocycles. The first-order chi connectivity index (χ1) is 10.4. The van der Waals surface area contributed by atoms with Crippen LogP contribution in [0.5, 0.6) is 0 Å². The highest BCUT2D eigenvalue weighted by atomic mass is 15.2. The van der Waals surface area contributed by atoms with E-state index in [1.54, 1.807) is 6.20 Å². The van der Waals surface area contributed by atoms with E-state index in [0.717, 1.165) is 16.9 Å². The largest absolute Gasteiger partial charge is 0.324 e. The maximum absolute atomic E-state index is 4.64.